The van der Waals surface area contributed by atoms with E-state index >= 15 is 0 Å². The zero-order valence-electron chi connectivity index (χ0n) is 14.2. The molecule has 1 N–H and O–H groups in total. The minimum Gasteiger partial charge on any atom is -0.466 e. The molecule has 1 aromatic rings. The van der Waals surface area contributed by atoms with Crippen molar-refractivity contribution in [2.75, 3.05) is 27.1 Å². The van der Waals surface area contributed by atoms with Gasteiger partial charge in [0.1, 0.15) is 25.8 Å². The second-order valence-electron chi connectivity index (χ2n) is 5.91. The van der Waals surface area contributed by atoms with Gasteiger partial charge < -0.3 is 14.8 Å². The van der Waals surface area contributed by atoms with Crippen LogP contribution < -0.4 is 5.32 Å². The standard InChI is InChI=1S/C18H15F4NO4/c1-26-17(24)15-11(6-20)23-12-7-27-18(25)16(12)14(15)8-3-2-4-9(21)13(8)10(22)5-19/h2-4,10,14,23H,5-7H2,1H3/t10-,14+/m1/s1. The molecule has 9 heteroatoms. The van der Waals surface area contributed by atoms with Crippen molar-refractivity contribution in [3.63, 3.8) is 0 Å². The molecule has 27 heavy (non-hydrogen) atoms. The number of nitrogens with one attached hydrogen (secondary N) is 1. The quantitative estimate of drug-likeness (QED) is 0.624. The van der Waals surface area contributed by atoms with E-state index in [1.54, 1.807) is 0 Å². The number of carbonyl (C=O) groups excluding carboxylic acids is 2. The monoisotopic (exact) mass is 385 g/mol. The number of dihydropyridines is 1. The number of hydrogen-bond acceptors (Lipinski definition) is 5. The lowest BCUT2D eigenvalue weighted by Gasteiger charge is -2.29. The highest BCUT2D eigenvalue weighted by Crippen LogP contribution is 2.44. The van der Waals surface area contributed by atoms with Crippen LogP contribution in [-0.2, 0) is 19.1 Å². The number of ether oxygens (including phenoxy) is 2. The Morgan fingerprint density at radius 1 is 1.41 bits per heavy atom. The lowest BCUT2D eigenvalue weighted by molar-refractivity contribution is -0.136. The normalized spacial score (nSPS) is 20.2. The average molecular weight is 385 g/mol. The van der Waals surface area contributed by atoms with Gasteiger partial charge in [-0.05, 0) is 11.6 Å². The molecule has 0 saturated heterocycles. The topological polar surface area (TPSA) is 64.6 Å². The largest absolute Gasteiger partial charge is 0.466 e. The molecule has 2 heterocycles. The highest BCUT2D eigenvalue weighted by molar-refractivity contribution is 6.01. The lowest BCUT2D eigenvalue weighted by atomic mass is 9.78. The molecule has 2 aliphatic heterocycles. The summed E-state index contributed by atoms with van der Waals surface area (Å²) in [6, 6.07) is 3.42. The Hall–Kier alpha value is -2.84. The van der Waals surface area contributed by atoms with Crippen LogP contribution in [0, 0.1) is 5.82 Å². The molecule has 0 spiro atoms. The zero-order valence-corrected chi connectivity index (χ0v) is 14.2. The van der Waals surface area contributed by atoms with Crippen LogP contribution in [0.3, 0.4) is 0 Å². The van der Waals surface area contributed by atoms with Gasteiger partial charge in [0.15, 0.2) is 6.17 Å². The maximum Gasteiger partial charge on any atom is 0.337 e. The Morgan fingerprint density at radius 3 is 2.78 bits per heavy atom. The summed E-state index contributed by atoms with van der Waals surface area (Å²) in [5, 5.41) is 2.61. The third-order valence-corrected chi connectivity index (χ3v) is 4.48. The molecule has 0 radical (unpaired) electrons. The first-order valence-electron chi connectivity index (χ1n) is 7.97. The van der Waals surface area contributed by atoms with Crippen molar-refractivity contribution in [1.29, 1.82) is 0 Å². The van der Waals surface area contributed by atoms with Gasteiger partial charge in [-0.3, -0.25) is 0 Å². The van der Waals surface area contributed by atoms with E-state index in [2.05, 4.69) is 10.1 Å². The second kappa shape index (κ2) is 7.42. The highest BCUT2D eigenvalue weighted by Gasteiger charge is 2.44. The highest BCUT2D eigenvalue weighted by atomic mass is 19.2. The second-order valence-corrected chi connectivity index (χ2v) is 5.91. The molecule has 3 rings (SSSR count). The number of alkyl halides is 3. The number of benzene rings is 1. The van der Waals surface area contributed by atoms with E-state index in [-0.39, 0.29) is 34.7 Å². The fourth-order valence-electron chi connectivity index (χ4n) is 3.36. The Kier molecular flexibility index (Phi) is 5.20. The van der Waals surface area contributed by atoms with Crippen molar-refractivity contribution in [1.82, 2.24) is 5.32 Å². The van der Waals surface area contributed by atoms with Crippen LogP contribution in [0.1, 0.15) is 23.2 Å². The number of allylic oxidation sites excluding steroid dienone is 1. The SMILES string of the molecule is COC(=O)C1=C(CF)NC2=C(C(=O)OC2)[C@H]1c1cccc(F)c1[C@H](F)CF. The van der Waals surface area contributed by atoms with E-state index in [1.807, 2.05) is 0 Å². The summed E-state index contributed by atoms with van der Waals surface area (Å²) in [4.78, 5) is 24.6. The van der Waals surface area contributed by atoms with Crippen LogP contribution in [0.4, 0.5) is 17.6 Å². The molecular weight excluding hydrogens is 370 g/mol. The van der Waals surface area contributed by atoms with Gasteiger partial charge in [-0.2, -0.15) is 0 Å². The summed E-state index contributed by atoms with van der Waals surface area (Å²) in [7, 11) is 1.05. The summed E-state index contributed by atoms with van der Waals surface area (Å²) < 4.78 is 64.7. The summed E-state index contributed by atoms with van der Waals surface area (Å²) in [6.45, 7) is -2.85. The first-order valence-corrected chi connectivity index (χ1v) is 7.97. The number of esters is 2. The first kappa shape index (κ1) is 18.9. The zero-order chi connectivity index (χ0) is 19.7. The smallest absolute Gasteiger partial charge is 0.337 e. The van der Waals surface area contributed by atoms with E-state index in [0.717, 1.165) is 13.2 Å². The van der Waals surface area contributed by atoms with Crippen LogP contribution in [0.2, 0.25) is 0 Å². The molecule has 0 unspecified atom stereocenters. The predicted octanol–water partition coefficient (Wildman–Crippen LogP) is 2.70. The minimum absolute atomic E-state index is 0.0921. The van der Waals surface area contributed by atoms with Crippen molar-refractivity contribution >= 4 is 11.9 Å². The summed E-state index contributed by atoms with van der Waals surface area (Å²) in [5.74, 6) is -4.22. The molecule has 0 saturated carbocycles. The number of cyclic esters (lactones) is 1. The van der Waals surface area contributed by atoms with E-state index < -0.39 is 48.8 Å². The molecule has 0 fully saturated rings. The molecule has 144 valence electrons. The number of rotatable bonds is 5. The average Bonchev–Trinajstić information content (AvgIpc) is 3.05. The molecule has 1 aromatic carbocycles. The third-order valence-electron chi connectivity index (χ3n) is 4.48. The molecule has 2 atom stereocenters. The Balaban J connectivity index is 2.30. The molecule has 0 aliphatic carbocycles. The van der Waals surface area contributed by atoms with E-state index in [1.165, 1.54) is 12.1 Å². The van der Waals surface area contributed by atoms with Gasteiger partial charge >= 0.3 is 11.9 Å². The van der Waals surface area contributed by atoms with E-state index in [0.29, 0.717) is 0 Å². The number of halogens is 4. The minimum atomic E-state index is -2.33. The number of hydrogen-bond donors (Lipinski definition) is 1. The van der Waals surface area contributed by atoms with Crippen LogP contribution in [-0.4, -0.2) is 39.0 Å². The van der Waals surface area contributed by atoms with Gasteiger partial charge in [-0.25, -0.2) is 27.2 Å². The first-order chi connectivity index (χ1) is 12.9. The van der Waals surface area contributed by atoms with Crippen molar-refractivity contribution in [3.8, 4) is 0 Å². The van der Waals surface area contributed by atoms with Crippen molar-refractivity contribution < 1.29 is 36.6 Å². The summed E-state index contributed by atoms with van der Waals surface area (Å²) in [5.41, 5.74) is -1.26. The van der Waals surface area contributed by atoms with Crippen LogP contribution in [0.15, 0.2) is 40.7 Å². The molecule has 0 aromatic heterocycles. The summed E-state index contributed by atoms with van der Waals surface area (Å²) in [6.07, 6.45) is -2.33. The van der Waals surface area contributed by atoms with Crippen LogP contribution >= 0.6 is 0 Å². The fraction of sp³-hybridized carbons (Fsp3) is 0.333. The molecule has 5 nitrogen and oxygen atoms in total. The van der Waals surface area contributed by atoms with Gasteiger partial charge in [0, 0.05) is 5.56 Å². The molecule has 0 amide bonds. The summed E-state index contributed by atoms with van der Waals surface area (Å²) >= 11 is 0. The molecule has 0 bridgehead atoms. The van der Waals surface area contributed by atoms with Crippen molar-refractivity contribution in [2.45, 2.75) is 12.1 Å². The molecule has 2 aliphatic rings. The van der Waals surface area contributed by atoms with Gasteiger partial charge in [0.05, 0.1) is 35.6 Å². The van der Waals surface area contributed by atoms with Gasteiger partial charge in [-0.15, -0.1) is 0 Å². The molecular formula is C18H15F4NO4. The number of methoxy groups -OCH3 is 1. The predicted molar refractivity (Wildman–Crippen MR) is 85.1 cm³/mol. The van der Waals surface area contributed by atoms with Gasteiger partial charge in [-0.1, -0.05) is 12.1 Å². The maximum absolute atomic E-state index is 14.3. The van der Waals surface area contributed by atoms with Gasteiger partial charge in [0.25, 0.3) is 0 Å². The Labute approximate surface area is 151 Å². The maximum atomic E-state index is 14.3. The van der Waals surface area contributed by atoms with Crippen LogP contribution in [0.25, 0.3) is 0 Å². The Bertz CT molecular complexity index is 865. The van der Waals surface area contributed by atoms with E-state index in [4.69, 9.17) is 4.74 Å². The number of carbonyl (C=O) groups is 2. The van der Waals surface area contributed by atoms with Crippen molar-refractivity contribution in [3.05, 3.63) is 57.7 Å². The van der Waals surface area contributed by atoms with Crippen molar-refractivity contribution in [2.24, 2.45) is 0 Å². The third kappa shape index (κ3) is 3.07. The lowest BCUT2D eigenvalue weighted by Crippen LogP contribution is -2.32. The van der Waals surface area contributed by atoms with Gasteiger partial charge in [0.2, 0.25) is 0 Å². The fourth-order valence-corrected chi connectivity index (χ4v) is 3.36. The van der Waals surface area contributed by atoms with E-state index in [9.17, 15) is 27.2 Å². The Morgan fingerprint density at radius 2 is 2.15 bits per heavy atom. The van der Waals surface area contributed by atoms with Crippen LogP contribution in [0.5, 0.6) is 0 Å².